The molecule has 0 aliphatic carbocycles. The van der Waals surface area contributed by atoms with Crippen molar-refractivity contribution < 1.29 is 19.1 Å². The molecule has 1 saturated heterocycles. The predicted molar refractivity (Wildman–Crippen MR) is 103 cm³/mol. The minimum absolute atomic E-state index is 0.0702. The van der Waals surface area contributed by atoms with Gasteiger partial charge in [-0.25, -0.2) is 10.2 Å². The summed E-state index contributed by atoms with van der Waals surface area (Å²) in [4.78, 5) is 21.9. The number of rotatable bonds is 7. The van der Waals surface area contributed by atoms with Gasteiger partial charge in [-0.05, 0) is 24.3 Å². The average molecular weight is 403 g/mol. The van der Waals surface area contributed by atoms with E-state index in [0.29, 0.717) is 35.0 Å². The van der Waals surface area contributed by atoms with Gasteiger partial charge >= 0.3 is 0 Å². The van der Waals surface area contributed by atoms with Crippen LogP contribution < -0.4 is 5.48 Å². The number of benzene rings is 1. The van der Waals surface area contributed by atoms with Crippen molar-refractivity contribution in [3.05, 3.63) is 52.4 Å². The second kappa shape index (κ2) is 7.84. The Morgan fingerprint density at radius 1 is 1.39 bits per heavy atom. The number of nitrogens with one attached hydrogen (secondary N) is 1. The molecule has 9 heteroatoms. The molecule has 1 aliphatic rings. The normalized spacial score (nSPS) is 15.8. The van der Waals surface area contributed by atoms with Gasteiger partial charge in [-0.3, -0.25) is 14.6 Å². The number of ether oxygens (including phenoxy) is 2. The van der Waals surface area contributed by atoms with Gasteiger partial charge in [0, 0.05) is 30.1 Å². The molecule has 8 nitrogen and oxygen atoms in total. The van der Waals surface area contributed by atoms with Crippen molar-refractivity contribution in [1.29, 1.82) is 0 Å². The molecule has 1 amide bonds. The van der Waals surface area contributed by atoms with E-state index in [9.17, 15) is 4.79 Å². The van der Waals surface area contributed by atoms with E-state index in [4.69, 9.17) is 31.0 Å². The maximum absolute atomic E-state index is 12.7. The van der Waals surface area contributed by atoms with E-state index in [2.05, 4.69) is 10.5 Å². The lowest BCUT2D eigenvalue weighted by molar-refractivity contribution is 0.0532. The molecule has 146 valence electrons. The zero-order chi connectivity index (χ0) is 19.7. The Labute approximate surface area is 166 Å². The third kappa shape index (κ3) is 3.59. The highest BCUT2D eigenvalue weighted by molar-refractivity contribution is 6.31. The SMILES string of the molecule is COCc1c(C(=O)NOC)c(CC2CO2)nn1-c1ccnc2cc(Cl)ccc12. The lowest BCUT2D eigenvalue weighted by atomic mass is 10.1. The van der Waals surface area contributed by atoms with Crippen LogP contribution in [-0.2, 0) is 27.3 Å². The molecule has 28 heavy (non-hydrogen) atoms. The number of hydrogen-bond acceptors (Lipinski definition) is 6. The van der Waals surface area contributed by atoms with Crippen molar-refractivity contribution in [1.82, 2.24) is 20.2 Å². The zero-order valence-electron chi connectivity index (χ0n) is 15.4. The molecule has 4 rings (SSSR count). The Hall–Kier alpha value is -2.52. The summed E-state index contributed by atoms with van der Waals surface area (Å²) in [7, 11) is 2.96. The number of halogens is 1. The number of hydroxylamine groups is 1. The topological polar surface area (TPSA) is 90.8 Å². The van der Waals surface area contributed by atoms with Crippen LogP contribution in [0, 0.1) is 0 Å². The van der Waals surface area contributed by atoms with Crippen LogP contribution in [-0.4, -0.2) is 47.6 Å². The summed E-state index contributed by atoms with van der Waals surface area (Å²) in [6.07, 6.45) is 2.29. The molecule has 0 spiro atoms. The Morgan fingerprint density at radius 3 is 2.93 bits per heavy atom. The summed E-state index contributed by atoms with van der Waals surface area (Å²) in [5.74, 6) is -0.377. The van der Waals surface area contributed by atoms with Crippen LogP contribution in [0.5, 0.6) is 0 Å². The second-order valence-corrected chi connectivity index (χ2v) is 6.84. The Balaban J connectivity index is 1.92. The number of methoxy groups -OCH3 is 1. The summed E-state index contributed by atoms with van der Waals surface area (Å²) in [6, 6.07) is 7.32. The van der Waals surface area contributed by atoms with Crippen molar-refractivity contribution in [2.45, 2.75) is 19.1 Å². The van der Waals surface area contributed by atoms with Gasteiger partial charge in [0.2, 0.25) is 0 Å². The summed E-state index contributed by atoms with van der Waals surface area (Å²) >= 11 is 6.10. The van der Waals surface area contributed by atoms with Crippen LogP contribution in [0.2, 0.25) is 5.02 Å². The molecule has 1 fully saturated rings. The molecule has 1 aromatic carbocycles. The van der Waals surface area contributed by atoms with Crippen LogP contribution in [0.3, 0.4) is 0 Å². The van der Waals surface area contributed by atoms with E-state index < -0.39 is 0 Å². The van der Waals surface area contributed by atoms with Gasteiger partial charge in [0.15, 0.2) is 0 Å². The lowest BCUT2D eigenvalue weighted by Crippen LogP contribution is -2.24. The Bertz CT molecular complexity index is 1030. The largest absolute Gasteiger partial charge is 0.378 e. The molecule has 0 radical (unpaired) electrons. The second-order valence-electron chi connectivity index (χ2n) is 6.40. The first-order chi connectivity index (χ1) is 13.6. The molecule has 3 aromatic rings. The van der Waals surface area contributed by atoms with Crippen molar-refractivity contribution in [2.24, 2.45) is 0 Å². The van der Waals surface area contributed by atoms with Crippen LogP contribution >= 0.6 is 11.6 Å². The molecular weight excluding hydrogens is 384 g/mol. The molecular formula is C19H19ClN4O4. The number of pyridine rings is 1. The van der Waals surface area contributed by atoms with E-state index in [0.717, 1.165) is 16.6 Å². The predicted octanol–water partition coefficient (Wildman–Crippen LogP) is 2.45. The Kier molecular flexibility index (Phi) is 5.27. The van der Waals surface area contributed by atoms with Crippen molar-refractivity contribution >= 4 is 28.4 Å². The van der Waals surface area contributed by atoms with Gasteiger partial charge in [0.25, 0.3) is 5.91 Å². The summed E-state index contributed by atoms with van der Waals surface area (Å²) < 4.78 is 12.4. The highest BCUT2D eigenvalue weighted by Gasteiger charge is 2.31. The zero-order valence-corrected chi connectivity index (χ0v) is 16.2. The number of amides is 1. The van der Waals surface area contributed by atoms with Crippen LogP contribution in [0.1, 0.15) is 21.7 Å². The van der Waals surface area contributed by atoms with Crippen molar-refractivity contribution in [3.8, 4) is 5.69 Å². The molecule has 1 N–H and O–H groups in total. The number of hydrogen-bond donors (Lipinski definition) is 1. The van der Waals surface area contributed by atoms with E-state index in [-0.39, 0.29) is 18.6 Å². The molecule has 1 aliphatic heterocycles. The van der Waals surface area contributed by atoms with Gasteiger partial charge in [-0.1, -0.05) is 11.6 Å². The van der Waals surface area contributed by atoms with E-state index >= 15 is 0 Å². The number of aromatic nitrogens is 3. The van der Waals surface area contributed by atoms with Gasteiger partial charge in [0.05, 0.1) is 54.6 Å². The van der Waals surface area contributed by atoms with Crippen LogP contribution in [0.25, 0.3) is 16.6 Å². The van der Waals surface area contributed by atoms with Crippen molar-refractivity contribution in [3.63, 3.8) is 0 Å². The fourth-order valence-corrected chi connectivity index (χ4v) is 3.38. The Morgan fingerprint density at radius 2 is 2.21 bits per heavy atom. The van der Waals surface area contributed by atoms with E-state index in [1.165, 1.54) is 7.11 Å². The highest BCUT2D eigenvalue weighted by atomic mass is 35.5. The maximum Gasteiger partial charge on any atom is 0.278 e. The average Bonchev–Trinajstić information content (AvgIpc) is 3.42. The first-order valence-electron chi connectivity index (χ1n) is 8.71. The first-order valence-corrected chi connectivity index (χ1v) is 9.09. The fourth-order valence-electron chi connectivity index (χ4n) is 3.21. The van der Waals surface area contributed by atoms with Crippen LogP contribution in [0.4, 0.5) is 0 Å². The highest BCUT2D eigenvalue weighted by Crippen LogP contribution is 2.28. The summed E-state index contributed by atoms with van der Waals surface area (Å²) in [5, 5.41) is 6.19. The molecule has 3 heterocycles. The molecule has 0 bridgehead atoms. The van der Waals surface area contributed by atoms with Gasteiger partial charge in [-0.2, -0.15) is 5.10 Å². The van der Waals surface area contributed by atoms with Crippen molar-refractivity contribution in [2.75, 3.05) is 20.8 Å². The number of carbonyl (C=O) groups is 1. The van der Waals surface area contributed by atoms with Gasteiger partial charge in [0.1, 0.15) is 0 Å². The van der Waals surface area contributed by atoms with Gasteiger partial charge in [-0.15, -0.1) is 0 Å². The fraction of sp³-hybridized carbons (Fsp3) is 0.316. The molecule has 1 atom stereocenters. The van der Waals surface area contributed by atoms with E-state index in [1.807, 2.05) is 12.1 Å². The number of carbonyl (C=O) groups excluding carboxylic acids is 1. The van der Waals surface area contributed by atoms with Gasteiger partial charge < -0.3 is 9.47 Å². The minimum atomic E-state index is -0.377. The smallest absolute Gasteiger partial charge is 0.278 e. The summed E-state index contributed by atoms with van der Waals surface area (Å²) in [5.41, 5.74) is 5.58. The molecule has 0 saturated carbocycles. The monoisotopic (exact) mass is 402 g/mol. The minimum Gasteiger partial charge on any atom is -0.378 e. The third-order valence-corrected chi connectivity index (χ3v) is 4.72. The van der Waals surface area contributed by atoms with Crippen LogP contribution in [0.15, 0.2) is 30.5 Å². The summed E-state index contributed by atoms with van der Waals surface area (Å²) in [6.45, 7) is 0.858. The number of nitrogens with zero attached hydrogens (tertiary/aromatic N) is 3. The molecule has 1 unspecified atom stereocenters. The first kappa shape index (κ1) is 18.8. The number of epoxide rings is 1. The maximum atomic E-state index is 12.7. The number of fused-ring (bicyclic) bond motifs is 1. The lowest BCUT2D eigenvalue weighted by Gasteiger charge is -2.11. The molecule has 2 aromatic heterocycles. The third-order valence-electron chi connectivity index (χ3n) is 4.49. The standard InChI is InChI=1S/C19H19ClN4O4/c1-26-10-17-18(19(25)23-27-2)15(8-12-9-28-12)22-24(17)16-5-6-21-14-7-11(20)3-4-13(14)16/h3-7,12H,8-10H2,1-2H3,(H,23,25). The van der Waals surface area contributed by atoms with E-state index in [1.54, 1.807) is 30.1 Å². The quantitative estimate of drug-likeness (QED) is 0.482.